The van der Waals surface area contributed by atoms with Crippen LogP contribution in [0, 0.1) is 5.92 Å². The van der Waals surface area contributed by atoms with E-state index >= 15 is 0 Å². The minimum atomic E-state index is -3.78. The van der Waals surface area contributed by atoms with Gasteiger partial charge in [-0.3, -0.25) is 4.79 Å². The molecule has 1 aliphatic carbocycles. The molecule has 0 spiro atoms. The van der Waals surface area contributed by atoms with Gasteiger partial charge >= 0.3 is 0 Å². The third-order valence-corrected chi connectivity index (χ3v) is 6.06. The predicted molar refractivity (Wildman–Crippen MR) is 103 cm³/mol. The number of hydrogen-bond donors (Lipinski definition) is 3. The quantitative estimate of drug-likeness (QED) is 0.638. The van der Waals surface area contributed by atoms with Crippen LogP contribution in [0.15, 0.2) is 23.1 Å². The molecule has 7 nitrogen and oxygen atoms in total. The summed E-state index contributed by atoms with van der Waals surface area (Å²) in [6.45, 7) is 3.99. The Bertz CT molecular complexity index is 725. The first-order valence-corrected chi connectivity index (χ1v) is 9.98. The minimum Gasteiger partial charge on any atom is -0.495 e. The van der Waals surface area contributed by atoms with Gasteiger partial charge in [0.25, 0.3) is 5.91 Å². The lowest BCUT2D eigenvalue weighted by molar-refractivity contribution is 0.0928. The van der Waals surface area contributed by atoms with Crippen LogP contribution in [-0.2, 0) is 10.0 Å². The van der Waals surface area contributed by atoms with Crippen molar-refractivity contribution >= 4 is 28.3 Å². The molecule has 148 valence electrons. The molecule has 1 aromatic carbocycles. The molecular weight excluding hydrogens is 378 g/mol. The van der Waals surface area contributed by atoms with Gasteiger partial charge in [-0.2, -0.15) is 0 Å². The number of nitrogens with one attached hydrogen (secondary N) is 2. The van der Waals surface area contributed by atoms with Gasteiger partial charge in [0, 0.05) is 17.6 Å². The number of carbonyl (C=O) groups excluding carboxylic acids is 1. The Morgan fingerprint density at radius 2 is 2.04 bits per heavy atom. The molecule has 2 atom stereocenters. The lowest BCUT2D eigenvalue weighted by atomic mass is 10.0. The zero-order valence-corrected chi connectivity index (χ0v) is 17.0. The number of benzene rings is 1. The molecular formula is C17H28ClN3O4S. The Hall–Kier alpha value is -1.35. The average molecular weight is 406 g/mol. The predicted octanol–water partition coefficient (Wildman–Crippen LogP) is 1.66. The van der Waals surface area contributed by atoms with Gasteiger partial charge in [-0.15, -0.1) is 12.4 Å². The maximum Gasteiger partial charge on any atom is 0.251 e. The maximum absolute atomic E-state index is 12.6. The Morgan fingerprint density at radius 3 is 2.62 bits per heavy atom. The second-order valence-electron chi connectivity index (χ2n) is 6.65. The van der Waals surface area contributed by atoms with Gasteiger partial charge < -0.3 is 15.8 Å². The highest BCUT2D eigenvalue weighted by molar-refractivity contribution is 7.89. The summed E-state index contributed by atoms with van der Waals surface area (Å²) in [5, 5.41) is 2.98. The highest BCUT2D eigenvalue weighted by Crippen LogP contribution is 2.27. The smallest absolute Gasteiger partial charge is 0.251 e. The molecule has 0 bridgehead atoms. The molecule has 0 aliphatic heterocycles. The molecule has 0 saturated heterocycles. The van der Waals surface area contributed by atoms with Crippen molar-refractivity contribution in [2.75, 3.05) is 13.7 Å². The van der Waals surface area contributed by atoms with Crippen molar-refractivity contribution in [1.82, 2.24) is 10.0 Å². The van der Waals surface area contributed by atoms with E-state index in [2.05, 4.69) is 10.0 Å². The Balaban J connectivity index is 0.00000338. The summed E-state index contributed by atoms with van der Waals surface area (Å²) in [6.07, 6.45) is 2.93. The molecule has 0 radical (unpaired) electrons. The van der Waals surface area contributed by atoms with Crippen molar-refractivity contribution in [1.29, 1.82) is 0 Å². The zero-order valence-electron chi connectivity index (χ0n) is 15.3. The van der Waals surface area contributed by atoms with E-state index in [0.717, 1.165) is 19.3 Å². The number of amides is 1. The number of carbonyl (C=O) groups is 1. The van der Waals surface area contributed by atoms with E-state index in [-0.39, 0.29) is 52.5 Å². The van der Waals surface area contributed by atoms with Gasteiger partial charge in [0.05, 0.1) is 7.11 Å². The summed E-state index contributed by atoms with van der Waals surface area (Å²) >= 11 is 0. The van der Waals surface area contributed by atoms with E-state index in [1.165, 1.54) is 19.2 Å². The third-order valence-electron chi connectivity index (χ3n) is 4.38. The lowest BCUT2D eigenvalue weighted by Gasteiger charge is -2.20. The molecule has 9 heteroatoms. The second-order valence-corrected chi connectivity index (χ2v) is 8.33. The van der Waals surface area contributed by atoms with Gasteiger partial charge in [-0.25, -0.2) is 13.1 Å². The molecule has 26 heavy (non-hydrogen) atoms. The fraction of sp³-hybridized carbons (Fsp3) is 0.588. The number of ether oxygens (including phenoxy) is 1. The maximum atomic E-state index is 12.6. The van der Waals surface area contributed by atoms with E-state index in [4.69, 9.17) is 10.5 Å². The van der Waals surface area contributed by atoms with Crippen molar-refractivity contribution < 1.29 is 17.9 Å². The summed E-state index contributed by atoms with van der Waals surface area (Å²) in [5.74, 6) is 0.174. The van der Waals surface area contributed by atoms with Crippen LogP contribution in [0.25, 0.3) is 0 Å². The van der Waals surface area contributed by atoms with Crippen LogP contribution in [0.1, 0.15) is 43.5 Å². The normalized spacial score (nSPS) is 19.9. The summed E-state index contributed by atoms with van der Waals surface area (Å²) in [6, 6.07) is 4.18. The lowest BCUT2D eigenvalue weighted by Crippen LogP contribution is -2.40. The fourth-order valence-electron chi connectivity index (χ4n) is 3.16. The summed E-state index contributed by atoms with van der Waals surface area (Å²) in [4.78, 5) is 12.5. The molecule has 2 unspecified atom stereocenters. The first-order valence-electron chi connectivity index (χ1n) is 8.49. The van der Waals surface area contributed by atoms with E-state index < -0.39 is 10.0 Å². The van der Waals surface area contributed by atoms with Gasteiger partial charge in [0.1, 0.15) is 10.6 Å². The number of methoxy groups -OCH3 is 1. The van der Waals surface area contributed by atoms with Crippen LogP contribution in [-0.4, -0.2) is 40.1 Å². The van der Waals surface area contributed by atoms with Crippen LogP contribution in [0.3, 0.4) is 0 Å². The van der Waals surface area contributed by atoms with Crippen LogP contribution < -0.4 is 20.5 Å². The Labute approximate surface area is 161 Å². The first-order chi connectivity index (χ1) is 11.8. The molecule has 1 fully saturated rings. The molecule has 1 aromatic rings. The van der Waals surface area contributed by atoms with Crippen molar-refractivity contribution in [2.45, 2.75) is 50.1 Å². The molecule has 0 aromatic heterocycles. The Kier molecular flexibility index (Phi) is 8.33. The number of rotatable bonds is 7. The van der Waals surface area contributed by atoms with Crippen LogP contribution >= 0.6 is 12.4 Å². The number of hydrogen-bond acceptors (Lipinski definition) is 5. The van der Waals surface area contributed by atoms with Gasteiger partial charge in [0.15, 0.2) is 0 Å². The van der Waals surface area contributed by atoms with E-state index in [1.807, 2.05) is 0 Å². The van der Waals surface area contributed by atoms with E-state index in [0.29, 0.717) is 6.54 Å². The van der Waals surface area contributed by atoms with E-state index in [9.17, 15) is 13.2 Å². The van der Waals surface area contributed by atoms with Gasteiger partial charge in [-0.05, 0) is 57.4 Å². The van der Waals surface area contributed by atoms with Crippen LogP contribution in [0.2, 0.25) is 0 Å². The van der Waals surface area contributed by atoms with Crippen LogP contribution in [0.5, 0.6) is 5.75 Å². The Morgan fingerprint density at radius 1 is 1.35 bits per heavy atom. The largest absolute Gasteiger partial charge is 0.495 e. The molecule has 1 aliphatic rings. The zero-order chi connectivity index (χ0) is 18.6. The SMILES string of the molecule is COc1ccc(C(=O)NC2CCCC2CN)cc1S(=O)(=O)NC(C)C.Cl. The number of sulfonamides is 1. The highest BCUT2D eigenvalue weighted by atomic mass is 35.5. The molecule has 0 heterocycles. The molecule has 1 saturated carbocycles. The average Bonchev–Trinajstić information content (AvgIpc) is 3.00. The first kappa shape index (κ1) is 22.7. The van der Waals surface area contributed by atoms with Crippen molar-refractivity contribution in [3.63, 3.8) is 0 Å². The van der Waals surface area contributed by atoms with Crippen molar-refractivity contribution in [2.24, 2.45) is 11.7 Å². The summed E-state index contributed by atoms with van der Waals surface area (Å²) in [7, 11) is -2.38. The second kappa shape index (κ2) is 9.55. The summed E-state index contributed by atoms with van der Waals surface area (Å²) < 4.78 is 32.7. The monoisotopic (exact) mass is 405 g/mol. The van der Waals surface area contributed by atoms with E-state index in [1.54, 1.807) is 19.9 Å². The molecule has 1 amide bonds. The topological polar surface area (TPSA) is 111 Å². The highest BCUT2D eigenvalue weighted by Gasteiger charge is 2.28. The molecule has 4 N–H and O–H groups in total. The van der Waals surface area contributed by atoms with Crippen molar-refractivity contribution in [3.8, 4) is 5.75 Å². The standard InChI is InChI=1S/C17H27N3O4S.ClH/c1-11(2)20-25(22,23)16-9-12(7-8-15(16)24-3)17(21)19-14-6-4-5-13(14)10-18;/h7-9,11,13-14,20H,4-6,10,18H2,1-3H3,(H,19,21);1H. The summed E-state index contributed by atoms with van der Waals surface area (Å²) in [5.41, 5.74) is 6.03. The third kappa shape index (κ3) is 5.33. The van der Waals surface area contributed by atoms with Crippen LogP contribution in [0.4, 0.5) is 0 Å². The van der Waals surface area contributed by atoms with Gasteiger partial charge in [-0.1, -0.05) is 6.42 Å². The van der Waals surface area contributed by atoms with Gasteiger partial charge in [0.2, 0.25) is 10.0 Å². The number of halogens is 1. The fourth-order valence-corrected chi connectivity index (χ4v) is 4.61. The minimum absolute atomic E-state index is 0. The number of nitrogens with two attached hydrogens (primary N) is 1. The van der Waals surface area contributed by atoms with Crippen molar-refractivity contribution in [3.05, 3.63) is 23.8 Å². The molecule has 2 rings (SSSR count).